The number of hydrogen-bond acceptors (Lipinski definition) is 1. The zero-order valence-corrected chi connectivity index (χ0v) is 11.9. The van der Waals surface area contributed by atoms with Gasteiger partial charge in [-0.3, -0.25) is 0 Å². The normalized spacial score (nSPS) is 39.2. The molecule has 0 bridgehead atoms. The van der Waals surface area contributed by atoms with Crippen LogP contribution in [0.25, 0.3) is 0 Å². The van der Waals surface area contributed by atoms with Crippen LogP contribution in [-0.4, -0.2) is 12.6 Å². The van der Waals surface area contributed by atoms with Gasteiger partial charge in [0.15, 0.2) is 0 Å². The van der Waals surface area contributed by atoms with Crippen molar-refractivity contribution in [3.05, 3.63) is 0 Å². The zero-order valence-electron chi connectivity index (χ0n) is 11.9. The molecule has 1 N–H and O–H groups in total. The van der Waals surface area contributed by atoms with Gasteiger partial charge >= 0.3 is 0 Å². The molecule has 0 radical (unpaired) electrons. The van der Waals surface area contributed by atoms with E-state index >= 15 is 0 Å². The number of rotatable bonds is 4. The molecule has 0 saturated heterocycles. The molecule has 2 fully saturated rings. The molecule has 0 heterocycles. The molecule has 0 aromatic carbocycles. The van der Waals surface area contributed by atoms with Crippen LogP contribution in [0.2, 0.25) is 0 Å². The van der Waals surface area contributed by atoms with Crippen LogP contribution in [0.15, 0.2) is 0 Å². The predicted molar refractivity (Wildman–Crippen MR) is 75.2 cm³/mol. The maximum absolute atomic E-state index is 3.61. The predicted octanol–water partition coefficient (Wildman–Crippen LogP) is 4.37. The van der Waals surface area contributed by atoms with Gasteiger partial charge in [0, 0.05) is 6.04 Å². The average Bonchev–Trinajstić information content (AvgIpc) is 2.35. The van der Waals surface area contributed by atoms with Crippen molar-refractivity contribution in [1.29, 1.82) is 0 Å². The lowest BCUT2D eigenvalue weighted by Gasteiger charge is -2.33. The molecule has 100 valence electrons. The first-order valence-electron chi connectivity index (χ1n) is 8.01. The van der Waals surface area contributed by atoms with Crippen molar-refractivity contribution < 1.29 is 0 Å². The highest BCUT2D eigenvalue weighted by Crippen LogP contribution is 2.36. The summed E-state index contributed by atoms with van der Waals surface area (Å²) in [4.78, 5) is 0. The first kappa shape index (κ1) is 13.4. The van der Waals surface area contributed by atoms with E-state index in [0.717, 1.165) is 30.3 Å². The summed E-state index contributed by atoms with van der Waals surface area (Å²) >= 11 is 0. The van der Waals surface area contributed by atoms with Crippen molar-refractivity contribution >= 4 is 0 Å². The lowest BCUT2D eigenvalue weighted by atomic mass is 9.75. The second-order valence-corrected chi connectivity index (χ2v) is 6.64. The van der Waals surface area contributed by atoms with E-state index in [1.54, 1.807) is 6.42 Å². The Bertz CT molecular complexity index is 198. The Morgan fingerprint density at radius 2 is 1.35 bits per heavy atom. The number of hydrogen-bond donors (Lipinski definition) is 1. The summed E-state index contributed by atoms with van der Waals surface area (Å²) in [5, 5.41) is 3.61. The third-order valence-electron chi connectivity index (χ3n) is 5.14. The molecule has 2 aliphatic rings. The average molecular weight is 237 g/mol. The lowest BCUT2D eigenvalue weighted by Crippen LogP contribution is -2.33. The topological polar surface area (TPSA) is 12.0 Å². The van der Waals surface area contributed by atoms with Crippen LogP contribution in [0.5, 0.6) is 0 Å². The Labute approximate surface area is 108 Å². The summed E-state index contributed by atoms with van der Waals surface area (Å²) < 4.78 is 0. The molecule has 0 spiro atoms. The van der Waals surface area contributed by atoms with Crippen LogP contribution in [0.3, 0.4) is 0 Å². The van der Waals surface area contributed by atoms with Gasteiger partial charge in [-0.05, 0) is 56.4 Å². The van der Waals surface area contributed by atoms with Crippen molar-refractivity contribution in [3.8, 4) is 0 Å². The van der Waals surface area contributed by atoms with E-state index in [1.165, 1.54) is 51.4 Å². The highest BCUT2D eigenvalue weighted by atomic mass is 14.9. The molecule has 0 aromatic heterocycles. The van der Waals surface area contributed by atoms with Crippen molar-refractivity contribution in [2.24, 2.45) is 17.8 Å². The van der Waals surface area contributed by atoms with Gasteiger partial charge in [-0.25, -0.2) is 0 Å². The molecular weight excluding hydrogens is 206 g/mol. The summed E-state index contributed by atoms with van der Waals surface area (Å²) in [7, 11) is 0. The van der Waals surface area contributed by atoms with Crippen LogP contribution in [0.1, 0.15) is 71.6 Å². The Hall–Kier alpha value is -0.0400. The Kier molecular flexibility index (Phi) is 5.34. The van der Waals surface area contributed by atoms with Gasteiger partial charge in [0.1, 0.15) is 0 Å². The quantitative estimate of drug-likeness (QED) is 0.765. The minimum Gasteiger partial charge on any atom is -0.314 e. The van der Waals surface area contributed by atoms with Crippen molar-refractivity contribution in [1.82, 2.24) is 5.32 Å². The number of nitrogens with one attached hydrogen (secondary N) is 1. The van der Waals surface area contributed by atoms with E-state index in [-0.39, 0.29) is 0 Å². The van der Waals surface area contributed by atoms with Gasteiger partial charge in [-0.2, -0.15) is 0 Å². The largest absolute Gasteiger partial charge is 0.314 e. The van der Waals surface area contributed by atoms with Crippen LogP contribution in [0, 0.1) is 17.8 Å². The van der Waals surface area contributed by atoms with Gasteiger partial charge in [0.25, 0.3) is 0 Å². The minimum atomic E-state index is 0.836. The summed E-state index contributed by atoms with van der Waals surface area (Å²) in [6, 6.07) is 0.836. The fraction of sp³-hybridized carbons (Fsp3) is 1.00. The van der Waals surface area contributed by atoms with E-state index in [0.29, 0.717) is 0 Å². The van der Waals surface area contributed by atoms with Gasteiger partial charge in [0.2, 0.25) is 0 Å². The Morgan fingerprint density at radius 3 is 1.88 bits per heavy atom. The fourth-order valence-electron chi connectivity index (χ4n) is 3.93. The second-order valence-electron chi connectivity index (χ2n) is 6.64. The van der Waals surface area contributed by atoms with Crippen LogP contribution >= 0.6 is 0 Å². The van der Waals surface area contributed by atoms with E-state index in [4.69, 9.17) is 0 Å². The maximum Gasteiger partial charge on any atom is 0.00671 e. The molecule has 0 aromatic rings. The van der Waals surface area contributed by atoms with E-state index in [1.807, 2.05) is 0 Å². The Balaban J connectivity index is 1.64. The highest BCUT2D eigenvalue weighted by molar-refractivity contribution is 4.80. The summed E-state index contributed by atoms with van der Waals surface area (Å²) in [6.45, 7) is 5.81. The van der Waals surface area contributed by atoms with E-state index < -0.39 is 0 Å². The standard InChI is InChI=1S/C16H31N/c1-3-17-16-10-8-15(9-11-16)12-14-6-4-13(2)5-7-14/h13-17H,3-12H2,1-2H3. The molecule has 2 saturated carbocycles. The summed E-state index contributed by atoms with van der Waals surface area (Å²) in [5.74, 6) is 3.14. The van der Waals surface area contributed by atoms with Crippen LogP contribution < -0.4 is 5.32 Å². The van der Waals surface area contributed by atoms with E-state index in [9.17, 15) is 0 Å². The van der Waals surface area contributed by atoms with Crippen molar-refractivity contribution in [3.63, 3.8) is 0 Å². The molecule has 0 aliphatic heterocycles. The molecule has 17 heavy (non-hydrogen) atoms. The monoisotopic (exact) mass is 237 g/mol. The fourth-order valence-corrected chi connectivity index (χ4v) is 3.93. The zero-order chi connectivity index (χ0) is 12.1. The third kappa shape index (κ3) is 4.28. The van der Waals surface area contributed by atoms with Gasteiger partial charge in [0.05, 0.1) is 0 Å². The molecule has 1 heteroatoms. The summed E-state index contributed by atoms with van der Waals surface area (Å²) in [6.07, 6.45) is 13.4. The smallest absolute Gasteiger partial charge is 0.00671 e. The molecule has 1 nitrogen and oxygen atoms in total. The minimum absolute atomic E-state index is 0.836. The van der Waals surface area contributed by atoms with Gasteiger partial charge in [-0.15, -0.1) is 0 Å². The molecule has 0 unspecified atom stereocenters. The second kappa shape index (κ2) is 6.78. The molecular formula is C16H31N. The summed E-state index contributed by atoms with van der Waals surface area (Å²) in [5.41, 5.74) is 0. The molecule has 0 atom stereocenters. The lowest BCUT2D eigenvalue weighted by molar-refractivity contribution is 0.204. The molecule has 2 rings (SSSR count). The first-order chi connectivity index (χ1) is 8.28. The van der Waals surface area contributed by atoms with Gasteiger partial charge in [-0.1, -0.05) is 39.5 Å². The highest BCUT2D eigenvalue weighted by Gasteiger charge is 2.25. The molecule has 2 aliphatic carbocycles. The van der Waals surface area contributed by atoms with Crippen molar-refractivity contribution in [2.45, 2.75) is 77.7 Å². The van der Waals surface area contributed by atoms with E-state index in [2.05, 4.69) is 19.2 Å². The first-order valence-corrected chi connectivity index (χ1v) is 8.01. The van der Waals surface area contributed by atoms with Crippen LogP contribution in [0.4, 0.5) is 0 Å². The maximum atomic E-state index is 3.61. The van der Waals surface area contributed by atoms with Gasteiger partial charge < -0.3 is 5.32 Å². The van der Waals surface area contributed by atoms with Crippen molar-refractivity contribution in [2.75, 3.05) is 6.54 Å². The Morgan fingerprint density at radius 1 is 0.824 bits per heavy atom. The SMILES string of the molecule is CCNC1CCC(CC2CCC(C)CC2)CC1. The third-order valence-corrected chi connectivity index (χ3v) is 5.14. The van der Waals surface area contributed by atoms with Crippen LogP contribution in [-0.2, 0) is 0 Å². The molecule has 0 amide bonds.